The number of benzene rings is 1. The van der Waals surface area contributed by atoms with Crippen LogP contribution in [0.25, 0.3) is 11.3 Å². The molecule has 0 spiro atoms. The second-order valence-electron chi connectivity index (χ2n) is 4.50. The van der Waals surface area contributed by atoms with Gasteiger partial charge in [0.25, 0.3) is 0 Å². The van der Waals surface area contributed by atoms with Crippen LogP contribution >= 0.6 is 0 Å². The van der Waals surface area contributed by atoms with Crippen LogP contribution in [0.2, 0.25) is 0 Å². The Morgan fingerprint density at radius 1 is 1.22 bits per heavy atom. The highest BCUT2D eigenvalue weighted by atomic mass is 15.1. The summed E-state index contributed by atoms with van der Waals surface area (Å²) in [5, 5.41) is 10.7. The lowest BCUT2D eigenvalue weighted by molar-refractivity contribution is 0.707. The predicted octanol–water partition coefficient (Wildman–Crippen LogP) is 2.25. The van der Waals surface area contributed by atoms with Gasteiger partial charge >= 0.3 is 0 Å². The Bertz CT molecular complexity index is 485. The molecule has 18 heavy (non-hydrogen) atoms. The standard InChI is InChI=1S/C14H20N4/c1-4-15-10-12-9-14(17-16-12)11-5-7-13(8-6-11)18(2)3/h5-9,15H,4,10H2,1-3H3,(H,16,17). The highest BCUT2D eigenvalue weighted by Gasteiger charge is 2.04. The molecule has 2 rings (SSSR count). The minimum absolute atomic E-state index is 0.833. The van der Waals surface area contributed by atoms with Crippen LogP contribution in [0.1, 0.15) is 12.6 Å². The second kappa shape index (κ2) is 5.69. The van der Waals surface area contributed by atoms with Crippen LogP contribution in [0.5, 0.6) is 0 Å². The monoisotopic (exact) mass is 244 g/mol. The van der Waals surface area contributed by atoms with Gasteiger partial charge in [-0.15, -0.1) is 0 Å². The summed E-state index contributed by atoms with van der Waals surface area (Å²) in [5.41, 5.74) is 4.44. The van der Waals surface area contributed by atoms with Gasteiger partial charge in [-0.05, 0) is 24.7 Å². The zero-order chi connectivity index (χ0) is 13.0. The maximum atomic E-state index is 4.34. The van der Waals surface area contributed by atoms with Crippen LogP contribution in [0.15, 0.2) is 30.3 Å². The van der Waals surface area contributed by atoms with Gasteiger partial charge in [-0.25, -0.2) is 0 Å². The van der Waals surface area contributed by atoms with Gasteiger partial charge in [0.1, 0.15) is 0 Å². The molecule has 0 radical (unpaired) electrons. The molecule has 0 aliphatic heterocycles. The first-order valence-electron chi connectivity index (χ1n) is 6.23. The minimum atomic E-state index is 0.833. The third-order valence-corrected chi connectivity index (χ3v) is 2.88. The van der Waals surface area contributed by atoms with Crippen molar-refractivity contribution in [2.24, 2.45) is 0 Å². The van der Waals surface area contributed by atoms with E-state index >= 15 is 0 Å². The van der Waals surface area contributed by atoms with Crippen molar-refractivity contribution in [2.45, 2.75) is 13.5 Å². The molecule has 0 unspecified atom stereocenters. The lowest BCUT2D eigenvalue weighted by Crippen LogP contribution is -2.11. The molecule has 0 amide bonds. The molecule has 4 nitrogen and oxygen atoms in total. The summed E-state index contributed by atoms with van der Waals surface area (Å²) in [6, 6.07) is 10.5. The van der Waals surface area contributed by atoms with E-state index in [-0.39, 0.29) is 0 Å². The Kier molecular flexibility index (Phi) is 3.99. The van der Waals surface area contributed by atoms with Gasteiger partial charge in [0.05, 0.1) is 5.69 Å². The van der Waals surface area contributed by atoms with Crippen LogP contribution in [0.3, 0.4) is 0 Å². The van der Waals surface area contributed by atoms with Crippen LogP contribution < -0.4 is 10.2 Å². The lowest BCUT2D eigenvalue weighted by atomic mass is 10.1. The summed E-state index contributed by atoms with van der Waals surface area (Å²) in [6.45, 7) is 3.89. The first-order chi connectivity index (χ1) is 8.70. The summed E-state index contributed by atoms with van der Waals surface area (Å²) in [7, 11) is 4.08. The topological polar surface area (TPSA) is 44.0 Å². The van der Waals surface area contributed by atoms with Crippen LogP contribution in [-0.4, -0.2) is 30.8 Å². The third-order valence-electron chi connectivity index (χ3n) is 2.88. The molecule has 0 aliphatic carbocycles. The quantitative estimate of drug-likeness (QED) is 0.848. The number of H-pyrrole nitrogens is 1. The van der Waals surface area contributed by atoms with E-state index < -0.39 is 0 Å². The summed E-state index contributed by atoms with van der Waals surface area (Å²) < 4.78 is 0. The molecule has 0 aliphatic rings. The molecular formula is C14H20N4. The lowest BCUT2D eigenvalue weighted by Gasteiger charge is -2.11. The van der Waals surface area contributed by atoms with Gasteiger partial charge in [0.15, 0.2) is 0 Å². The molecule has 0 fully saturated rings. The van der Waals surface area contributed by atoms with Gasteiger partial charge in [-0.3, -0.25) is 5.10 Å². The zero-order valence-corrected chi connectivity index (χ0v) is 11.2. The van der Waals surface area contributed by atoms with Gasteiger partial charge in [-0.1, -0.05) is 19.1 Å². The number of anilines is 1. The zero-order valence-electron chi connectivity index (χ0n) is 11.2. The highest BCUT2D eigenvalue weighted by Crippen LogP contribution is 2.21. The van der Waals surface area contributed by atoms with Crippen molar-refractivity contribution in [1.82, 2.24) is 15.5 Å². The van der Waals surface area contributed by atoms with Gasteiger partial charge in [-0.2, -0.15) is 5.10 Å². The van der Waals surface area contributed by atoms with Gasteiger partial charge < -0.3 is 10.2 Å². The molecule has 1 aromatic heterocycles. The largest absolute Gasteiger partial charge is 0.378 e. The van der Waals surface area contributed by atoms with E-state index in [0.29, 0.717) is 0 Å². The fraction of sp³-hybridized carbons (Fsp3) is 0.357. The van der Waals surface area contributed by atoms with E-state index in [1.54, 1.807) is 0 Å². The molecule has 2 N–H and O–H groups in total. The Morgan fingerprint density at radius 3 is 2.56 bits per heavy atom. The number of hydrogen-bond donors (Lipinski definition) is 2. The van der Waals surface area contributed by atoms with Crippen molar-refractivity contribution in [3.05, 3.63) is 36.0 Å². The average Bonchev–Trinajstić information content (AvgIpc) is 2.85. The molecule has 0 saturated carbocycles. The van der Waals surface area contributed by atoms with E-state index in [9.17, 15) is 0 Å². The van der Waals surface area contributed by atoms with E-state index in [4.69, 9.17) is 0 Å². The smallest absolute Gasteiger partial charge is 0.0924 e. The normalized spacial score (nSPS) is 10.6. The number of nitrogens with one attached hydrogen (secondary N) is 2. The SMILES string of the molecule is CCNCc1cc(-c2ccc(N(C)C)cc2)n[nH]1. The first-order valence-corrected chi connectivity index (χ1v) is 6.23. The molecule has 2 aromatic rings. The second-order valence-corrected chi connectivity index (χ2v) is 4.50. The number of aromatic nitrogens is 2. The molecular weight excluding hydrogens is 224 g/mol. The Hall–Kier alpha value is -1.81. The van der Waals surface area contributed by atoms with Crippen molar-refractivity contribution in [3.63, 3.8) is 0 Å². The molecule has 0 atom stereocenters. The number of nitrogens with zero attached hydrogens (tertiary/aromatic N) is 2. The van der Waals surface area contributed by atoms with Gasteiger partial charge in [0, 0.05) is 37.6 Å². The average molecular weight is 244 g/mol. The van der Waals surface area contributed by atoms with Crippen molar-refractivity contribution in [2.75, 3.05) is 25.5 Å². The first kappa shape index (κ1) is 12.6. The van der Waals surface area contributed by atoms with E-state index in [0.717, 1.165) is 30.0 Å². The predicted molar refractivity (Wildman–Crippen MR) is 75.7 cm³/mol. The summed E-state index contributed by atoms with van der Waals surface area (Å²) in [4.78, 5) is 2.09. The van der Waals surface area contributed by atoms with Crippen LogP contribution in [0, 0.1) is 0 Å². The highest BCUT2D eigenvalue weighted by molar-refractivity contribution is 5.63. The molecule has 96 valence electrons. The molecule has 0 bridgehead atoms. The van der Waals surface area contributed by atoms with Crippen molar-refractivity contribution >= 4 is 5.69 Å². The Labute approximate surface area is 108 Å². The third kappa shape index (κ3) is 2.90. The summed E-state index contributed by atoms with van der Waals surface area (Å²) in [6.07, 6.45) is 0. The molecule has 4 heteroatoms. The molecule has 1 aromatic carbocycles. The number of hydrogen-bond acceptors (Lipinski definition) is 3. The fourth-order valence-corrected chi connectivity index (χ4v) is 1.79. The van der Waals surface area contributed by atoms with Gasteiger partial charge in [0.2, 0.25) is 0 Å². The van der Waals surface area contributed by atoms with E-state index in [2.05, 4.69) is 57.7 Å². The van der Waals surface area contributed by atoms with Crippen molar-refractivity contribution in [1.29, 1.82) is 0 Å². The number of rotatable bonds is 5. The molecule has 0 saturated heterocycles. The number of aromatic amines is 1. The Balaban J connectivity index is 2.13. The van der Waals surface area contributed by atoms with Crippen LogP contribution in [0.4, 0.5) is 5.69 Å². The minimum Gasteiger partial charge on any atom is -0.378 e. The molecule has 1 heterocycles. The van der Waals surface area contributed by atoms with E-state index in [1.165, 1.54) is 5.69 Å². The van der Waals surface area contributed by atoms with E-state index in [1.807, 2.05) is 14.1 Å². The van der Waals surface area contributed by atoms with Crippen molar-refractivity contribution in [3.8, 4) is 11.3 Å². The Morgan fingerprint density at radius 2 is 1.94 bits per heavy atom. The maximum absolute atomic E-state index is 4.34. The van der Waals surface area contributed by atoms with Crippen LogP contribution in [-0.2, 0) is 6.54 Å². The summed E-state index contributed by atoms with van der Waals surface area (Å²) >= 11 is 0. The van der Waals surface area contributed by atoms with Crippen molar-refractivity contribution < 1.29 is 0 Å². The maximum Gasteiger partial charge on any atom is 0.0924 e. The fourth-order valence-electron chi connectivity index (χ4n) is 1.79. The summed E-state index contributed by atoms with van der Waals surface area (Å²) in [5.74, 6) is 0.